The van der Waals surface area contributed by atoms with Crippen LogP contribution in [-0.2, 0) is 0 Å². The lowest BCUT2D eigenvalue weighted by atomic mass is 10.2. The number of carbonyl (C=O) groups excluding carboxylic acids is 1. The van der Waals surface area contributed by atoms with Gasteiger partial charge in [0.15, 0.2) is 0 Å². The third-order valence-corrected chi connectivity index (χ3v) is 2.30. The summed E-state index contributed by atoms with van der Waals surface area (Å²) in [6.07, 6.45) is 5.45. The third kappa shape index (κ3) is 1.77. The van der Waals surface area contributed by atoms with Gasteiger partial charge in [0.05, 0.1) is 5.56 Å². The molecule has 0 unspecified atom stereocenters. The second-order valence-electron chi connectivity index (χ2n) is 3.05. The molecule has 0 radical (unpaired) electrons. The van der Waals surface area contributed by atoms with E-state index in [4.69, 9.17) is 11.6 Å². The molecule has 2 rings (SSSR count). The van der Waals surface area contributed by atoms with Crippen molar-refractivity contribution in [3.8, 4) is 0 Å². The van der Waals surface area contributed by atoms with Gasteiger partial charge in [-0.2, -0.15) is 0 Å². The van der Waals surface area contributed by atoms with Crippen molar-refractivity contribution < 1.29 is 4.79 Å². The lowest BCUT2D eigenvalue weighted by Gasteiger charge is -2.14. The van der Waals surface area contributed by atoms with E-state index in [1.807, 2.05) is 12.2 Å². The molecule has 0 N–H and O–H groups in total. The molecule has 1 aromatic rings. The lowest BCUT2D eigenvalue weighted by molar-refractivity contribution is 0.0799. The number of pyridine rings is 1. The Balaban J connectivity index is 2.14. The largest absolute Gasteiger partial charge is 0.331 e. The van der Waals surface area contributed by atoms with Crippen LogP contribution in [0.5, 0.6) is 0 Å². The Morgan fingerprint density at radius 2 is 2.07 bits per heavy atom. The summed E-state index contributed by atoms with van der Waals surface area (Å²) in [6, 6.07) is 3.31. The number of amides is 1. The summed E-state index contributed by atoms with van der Waals surface area (Å²) in [5, 5.41) is 0.404. The van der Waals surface area contributed by atoms with E-state index in [0.717, 1.165) is 0 Å². The summed E-state index contributed by atoms with van der Waals surface area (Å²) in [4.78, 5) is 17.4. The molecule has 72 valence electrons. The van der Waals surface area contributed by atoms with E-state index in [-0.39, 0.29) is 5.91 Å². The molecule has 1 aromatic heterocycles. The van der Waals surface area contributed by atoms with Gasteiger partial charge in [0.1, 0.15) is 5.15 Å². The van der Waals surface area contributed by atoms with E-state index in [2.05, 4.69) is 4.98 Å². The molecule has 0 aliphatic carbocycles. The first-order chi connectivity index (χ1) is 6.77. The predicted molar refractivity (Wildman–Crippen MR) is 54.3 cm³/mol. The summed E-state index contributed by atoms with van der Waals surface area (Å²) in [5.41, 5.74) is 0.582. The number of nitrogens with zero attached hydrogens (tertiary/aromatic N) is 2. The van der Waals surface area contributed by atoms with Crippen LogP contribution in [0.3, 0.4) is 0 Å². The number of hydrogen-bond donors (Lipinski definition) is 0. The highest BCUT2D eigenvalue weighted by Gasteiger charge is 2.15. The van der Waals surface area contributed by atoms with Gasteiger partial charge in [0.25, 0.3) is 5.91 Å². The first kappa shape index (κ1) is 9.21. The van der Waals surface area contributed by atoms with Crippen LogP contribution >= 0.6 is 11.6 Å². The zero-order chi connectivity index (χ0) is 9.97. The molecule has 1 aliphatic rings. The SMILES string of the molecule is O=C(c1ccc(Cl)nc1)N1CC=CC1. The van der Waals surface area contributed by atoms with Crippen molar-refractivity contribution in [2.24, 2.45) is 0 Å². The van der Waals surface area contributed by atoms with Crippen molar-refractivity contribution >= 4 is 17.5 Å². The smallest absolute Gasteiger partial charge is 0.255 e. The van der Waals surface area contributed by atoms with Crippen LogP contribution in [0.15, 0.2) is 30.5 Å². The molecule has 1 amide bonds. The van der Waals surface area contributed by atoms with Gasteiger partial charge in [0, 0.05) is 19.3 Å². The maximum atomic E-state index is 11.8. The van der Waals surface area contributed by atoms with Crippen LogP contribution < -0.4 is 0 Å². The summed E-state index contributed by atoms with van der Waals surface area (Å²) < 4.78 is 0. The van der Waals surface area contributed by atoms with Crippen LogP contribution in [0.25, 0.3) is 0 Å². The van der Waals surface area contributed by atoms with Crippen LogP contribution in [0.1, 0.15) is 10.4 Å². The van der Waals surface area contributed by atoms with Gasteiger partial charge in [-0.3, -0.25) is 4.79 Å². The van der Waals surface area contributed by atoms with Gasteiger partial charge >= 0.3 is 0 Å². The van der Waals surface area contributed by atoms with Crippen molar-refractivity contribution in [1.29, 1.82) is 0 Å². The molecule has 0 atom stereocenters. The highest BCUT2D eigenvalue weighted by Crippen LogP contribution is 2.10. The minimum atomic E-state index is -0.000772. The van der Waals surface area contributed by atoms with Gasteiger partial charge in [-0.25, -0.2) is 4.98 Å². The Bertz CT molecular complexity index is 364. The topological polar surface area (TPSA) is 33.2 Å². The van der Waals surface area contributed by atoms with Crippen molar-refractivity contribution in [3.05, 3.63) is 41.2 Å². The standard InChI is InChI=1S/C10H9ClN2O/c11-9-4-3-8(7-12-9)10(14)13-5-1-2-6-13/h1-4,7H,5-6H2. The number of hydrogen-bond acceptors (Lipinski definition) is 2. The van der Waals surface area contributed by atoms with Crippen molar-refractivity contribution in [3.63, 3.8) is 0 Å². The molecule has 3 nitrogen and oxygen atoms in total. The quantitative estimate of drug-likeness (QED) is 0.520. The molecular weight excluding hydrogens is 200 g/mol. The summed E-state index contributed by atoms with van der Waals surface area (Å²) in [7, 11) is 0. The average Bonchev–Trinajstić information content (AvgIpc) is 2.71. The molecule has 0 bridgehead atoms. The van der Waals surface area contributed by atoms with E-state index in [1.54, 1.807) is 17.0 Å². The summed E-state index contributed by atoms with van der Waals surface area (Å²) >= 11 is 5.63. The molecule has 0 saturated carbocycles. The first-order valence-electron chi connectivity index (χ1n) is 4.33. The second-order valence-corrected chi connectivity index (χ2v) is 3.44. The number of carbonyl (C=O) groups is 1. The first-order valence-corrected chi connectivity index (χ1v) is 4.71. The van der Waals surface area contributed by atoms with Gasteiger partial charge in [-0.15, -0.1) is 0 Å². The van der Waals surface area contributed by atoms with Gasteiger partial charge in [0.2, 0.25) is 0 Å². The Hall–Kier alpha value is -1.35. The van der Waals surface area contributed by atoms with Crippen molar-refractivity contribution in [2.45, 2.75) is 0 Å². The Morgan fingerprint density at radius 3 is 2.64 bits per heavy atom. The molecule has 0 fully saturated rings. The van der Waals surface area contributed by atoms with E-state index in [9.17, 15) is 4.79 Å². The minimum Gasteiger partial charge on any atom is -0.331 e. The maximum absolute atomic E-state index is 11.8. The number of aromatic nitrogens is 1. The van der Waals surface area contributed by atoms with Gasteiger partial charge < -0.3 is 4.90 Å². The maximum Gasteiger partial charge on any atom is 0.255 e. The van der Waals surface area contributed by atoms with E-state index < -0.39 is 0 Å². The molecule has 4 heteroatoms. The fourth-order valence-electron chi connectivity index (χ4n) is 1.33. The van der Waals surface area contributed by atoms with Gasteiger partial charge in [-0.1, -0.05) is 23.8 Å². The molecule has 0 spiro atoms. The van der Waals surface area contributed by atoms with E-state index >= 15 is 0 Å². The van der Waals surface area contributed by atoms with E-state index in [1.165, 1.54) is 6.20 Å². The van der Waals surface area contributed by atoms with Crippen molar-refractivity contribution in [1.82, 2.24) is 9.88 Å². The molecular formula is C10H9ClN2O. The fourth-order valence-corrected chi connectivity index (χ4v) is 1.44. The minimum absolute atomic E-state index is 0.000772. The zero-order valence-electron chi connectivity index (χ0n) is 7.48. The second kappa shape index (κ2) is 3.80. The molecule has 0 saturated heterocycles. The molecule has 14 heavy (non-hydrogen) atoms. The Labute approximate surface area is 87.0 Å². The normalized spacial score (nSPS) is 14.8. The van der Waals surface area contributed by atoms with Crippen LogP contribution in [0.4, 0.5) is 0 Å². The Kier molecular flexibility index (Phi) is 2.50. The summed E-state index contributed by atoms with van der Waals surface area (Å²) in [5.74, 6) is -0.000772. The molecule has 0 aromatic carbocycles. The van der Waals surface area contributed by atoms with E-state index in [0.29, 0.717) is 23.8 Å². The van der Waals surface area contributed by atoms with Crippen LogP contribution in [-0.4, -0.2) is 28.9 Å². The average molecular weight is 209 g/mol. The fraction of sp³-hybridized carbons (Fsp3) is 0.200. The highest BCUT2D eigenvalue weighted by molar-refractivity contribution is 6.29. The third-order valence-electron chi connectivity index (χ3n) is 2.08. The van der Waals surface area contributed by atoms with Crippen LogP contribution in [0, 0.1) is 0 Å². The zero-order valence-corrected chi connectivity index (χ0v) is 8.24. The molecule has 1 aliphatic heterocycles. The highest BCUT2D eigenvalue weighted by atomic mass is 35.5. The summed E-state index contributed by atoms with van der Waals surface area (Å²) in [6.45, 7) is 1.36. The molecule has 2 heterocycles. The predicted octanol–water partition coefficient (Wildman–Crippen LogP) is 1.75. The lowest BCUT2D eigenvalue weighted by Crippen LogP contribution is -2.28. The number of halogens is 1. The van der Waals surface area contributed by atoms with Gasteiger partial charge in [-0.05, 0) is 12.1 Å². The number of rotatable bonds is 1. The van der Waals surface area contributed by atoms with Crippen molar-refractivity contribution in [2.75, 3.05) is 13.1 Å². The van der Waals surface area contributed by atoms with Crippen LogP contribution in [0.2, 0.25) is 5.15 Å². The Morgan fingerprint density at radius 1 is 1.36 bits per heavy atom. The monoisotopic (exact) mass is 208 g/mol.